The highest BCUT2D eigenvalue weighted by molar-refractivity contribution is 7.93. The molecule has 0 bridgehead atoms. The van der Waals surface area contributed by atoms with Gasteiger partial charge >= 0.3 is 5.97 Å². The molecule has 2 aromatic rings. The molecule has 0 unspecified atom stereocenters. The quantitative estimate of drug-likeness (QED) is 0.714. The van der Waals surface area contributed by atoms with E-state index < -0.39 is 10.0 Å². The fraction of sp³-hybridized carbons (Fsp3) is 0.375. The molecular formula is C16H19ClN2O4S2. The number of thiazole rings is 1. The van der Waals surface area contributed by atoms with Crippen LogP contribution in [0, 0.1) is 12.8 Å². The molecule has 0 aliphatic carbocycles. The summed E-state index contributed by atoms with van der Waals surface area (Å²) in [5, 5.41) is 2.37. The number of aromatic nitrogens is 1. The average Bonchev–Trinajstić information content (AvgIpc) is 2.96. The number of anilines is 1. The Hall–Kier alpha value is -1.64. The van der Waals surface area contributed by atoms with Crippen LogP contribution in [0.15, 0.2) is 28.5 Å². The van der Waals surface area contributed by atoms with Gasteiger partial charge in [0.1, 0.15) is 0 Å². The lowest BCUT2D eigenvalue weighted by atomic mass is 10.2. The van der Waals surface area contributed by atoms with E-state index in [1.807, 2.05) is 0 Å². The van der Waals surface area contributed by atoms with Crippen LogP contribution < -0.4 is 4.72 Å². The molecule has 0 atom stereocenters. The number of sulfonamides is 1. The van der Waals surface area contributed by atoms with Gasteiger partial charge in [0.25, 0.3) is 10.0 Å². The second-order valence-corrected chi connectivity index (χ2v) is 8.60. The van der Waals surface area contributed by atoms with Crippen LogP contribution in [-0.2, 0) is 26.0 Å². The van der Waals surface area contributed by atoms with Crippen molar-refractivity contribution in [1.82, 2.24) is 4.98 Å². The molecule has 1 heterocycles. The van der Waals surface area contributed by atoms with E-state index >= 15 is 0 Å². The standard InChI is InChI=1S/C16H19ClN2O4S2/c1-10(2)15(20)23-8-7-12-9-24-16(18-12)19-25(21,22)14-6-4-5-13(17)11(14)3/h4-6,9-10H,7-8H2,1-3H3,(H,18,19). The Morgan fingerprint density at radius 2 is 2.12 bits per heavy atom. The summed E-state index contributed by atoms with van der Waals surface area (Å²) >= 11 is 7.16. The van der Waals surface area contributed by atoms with Crippen LogP contribution in [0.2, 0.25) is 5.02 Å². The molecule has 0 spiro atoms. The maximum atomic E-state index is 12.5. The van der Waals surface area contributed by atoms with Crippen molar-refractivity contribution in [3.63, 3.8) is 0 Å². The van der Waals surface area contributed by atoms with Gasteiger partial charge in [-0.3, -0.25) is 9.52 Å². The van der Waals surface area contributed by atoms with Crippen LogP contribution in [0.25, 0.3) is 0 Å². The minimum absolute atomic E-state index is 0.114. The van der Waals surface area contributed by atoms with Crippen molar-refractivity contribution in [3.05, 3.63) is 39.9 Å². The minimum Gasteiger partial charge on any atom is -0.465 e. The van der Waals surface area contributed by atoms with E-state index in [4.69, 9.17) is 16.3 Å². The van der Waals surface area contributed by atoms with Gasteiger partial charge in [-0.15, -0.1) is 11.3 Å². The Balaban J connectivity index is 2.03. The number of hydrogen-bond acceptors (Lipinski definition) is 6. The summed E-state index contributed by atoms with van der Waals surface area (Å²) < 4.78 is 32.5. The van der Waals surface area contributed by atoms with Gasteiger partial charge < -0.3 is 4.74 Å². The second kappa shape index (κ2) is 8.16. The second-order valence-electron chi connectivity index (χ2n) is 5.68. The first kappa shape index (κ1) is 19.7. The molecule has 6 nitrogen and oxygen atoms in total. The Labute approximate surface area is 156 Å². The van der Waals surface area contributed by atoms with Crippen LogP contribution in [0.3, 0.4) is 0 Å². The van der Waals surface area contributed by atoms with Crippen molar-refractivity contribution < 1.29 is 17.9 Å². The summed E-state index contributed by atoms with van der Waals surface area (Å²) in [5.41, 5.74) is 1.14. The van der Waals surface area contributed by atoms with E-state index in [9.17, 15) is 13.2 Å². The van der Waals surface area contributed by atoms with E-state index in [0.29, 0.717) is 22.7 Å². The highest BCUT2D eigenvalue weighted by Crippen LogP contribution is 2.26. The van der Waals surface area contributed by atoms with E-state index in [1.165, 1.54) is 17.4 Å². The van der Waals surface area contributed by atoms with Gasteiger partial charge in [0.2, 0.25) is 0 Å². The summed E-state index contributed by atoms with van der Waals surface area (Å²) in [6, 6.07) is 4.71. The molecule has 0 saturated carbocycles. The van der Waals surface area contributed by atoms with Gasteiger partial charge in [-0.1, -0.05) is 31.5 Å². The number of esters is 1. The third-order valence-electron chi connectivity index (χ3n) is 3.35. The Morgan fingerprint density at radius 3 is 2.80 bits per heavy atom. The normalized spacial score (nSPS) is 11.6. The summed E-state index contributed by atoms with van der Waals surface area (Å²) in [5.74, 6) is -0.452. The van der Waals surface area contributed by atoms with E-state index in [1.54, 1.807) is 38.3 Å². The first-order valence-corrected chi connectivity index (χ1v) is 10.3. The molecule has 0 saturated heterocycles. The molecule has 0 aliphatic rings. The van der Waals surface area contributed by atoms with E-state index in [2.05, 4.69) is 9.71 Å². The Morgan fingerprint density at radius 1 is 1.40 bits per heavy atom. The largest absolute Gasteiger partial charge is 0.465 e. The molecule has 1 N–H and O–H groups in total. The smallest absolute Gasteiger partial charge is 0.308 e. The van der Waals surface area contributed by atoms with Crippen molar-refractivity contribution in [3.8, 4) is 0 Å². The molecule has 0 radical (unpaired) electrons. The zero-order valence-electron chi connectivity index (χ0n) is 14.1. The molecule has 0 amide bonds. The number of carbonyl (C=O) groups excluding carboxylic acids is 1. The number of rotatable bonds is 7. The third kappa shape index (κ3) is 5.17. The van der Waals surface area contributed by atoms with Crippen LogP contribution in [0.1, 0.15) is 25.1 Å². The van der Waals surface area contributed by atoms with Crippen molar-refractivity contribution in [2.75, 3.05) is 11.3 Å². The maximum Gasteiger partial charge on any atom is 0.308 e. The average molecular weight is 403 g/mol. The van der Waals surface area contributed by atoms with Gasteiger partial charge in [0, 0.05) is 16.8 Å². The molecule has 25 heavy (non-hydrogen) atoms. The Kier molecular flexibility index (Phi) is 6.42. The minimum atomic E-state index is -3.77. The zero-order valence-corrected chi connectivity index (χ0v) is 16.5. The number of benzene rings is 1. The number of carbonyl (C=O) groups is 1. The summed E-state index contributed by atoms with van der Waals surface area (Å²) in [6.07, 6.45) is 0.423. The lowest BCUT2D eigenvalue weighted by molar-refractivity contribution is -0.147. The lowest BCUT2D eigenvalue weighted by Gasteiger charge is -2.09. The van der Waals surface area contributed by atoms with Crippen LogP contribution in [-0.4, -0.2) is 26.0 Å². The van der Waals surface area contributed by atoms with Gasteiger partial charge in [0.05, 0.1) is 23.1 Å². The predicted molar refractivity (Wildman–Crippen MR) is 98.6 cm³/mol. The van der Waals surface area contributed by atoms with Crippen molar-refractivity contribution in [2.24, 2.45) is 5.92 Å². The van der Waals surface area contributed by atoms with Gasteiger partial charge in [-0.25, -0.2) is 13.4 Å². The first-order chi connectivity index (χ1) is 11.7. The highest BCUT2D eigenvalue weighted by atomic mass is 35.5. The number of nitrogens with one attached hydrogen (secondary N) is 1. The fourth-order valence-corrected chi connectivity index (χ4v) is 4.44. The van der Waals surface area contributed by atoms with Gasteiger partial charge in [-0.2, -0.15) is 0 Å². The fourth-order valence-electron chi connectivity index (χ4n) is 1.94. The maximum absolute atomic E-state index is 12.5. The lowest BCUT2D eigenvalue weighted by Crippen LogP contribution is -2.15. The first-order valence-electron chi connectivity index (χ1n) is 7.59. The molecule has 1 aromatic carbocycles. The number of ether oxygens (including phenoxy) is 1. The number of hydrogen-bond donors (Lipinski definition) is 1. The van der Waals surface area contributed by atoms with Crippen molar-refractivity contribution in [2.45, 2.75) is 32.1 Å². The molecular weight excluding hydrogens is 384 g/mol. The number of nitrogens with zero attached hydrogens (tertiary/aromatic N) is 1. The zero-order chi connectivity index (χ0) is 18.6. The molecule has 2 rings (SSSR count). The topological polar surface area (TPSA) is 85.4 Å². The van der Waals surface area contributed by atoms with Crippen molar-refractivity contribution in [1.29, 1.82) is 0 Å². The van der Waals surface area contributed by atoms with Crippen LogP contribution >= 0.6 is 22.9 Å². The summed E-state index contributed by atoms with van der Waals surface area (Å²) in [7, 11) is -3.77. The van der Waals surface area contributed by atoms with Crippen LogP contribution in [0.4, 0.5) is 5.13 Å². The third-order valence-corrected chi connectivity index (χ3v) is 6.18. The molecule has 0 aliphatic heterocycles. The summed E-state index contributed by atoms with van der Waals surface area (Å²) in [6.45, 7) is 5.37. The molecule has 1 aromatic heterocycles. The Bertz CT molecular complexity index is 863. The monoisotopic (exact) mass is 402 g/mol. The molecule has 0 fully saturated rings. The number of halogens is 1. The highest BCUT2D eigenvalue weighted by Gasteiger charge is 2.19. The van der Waals surface area contributed by atoms with Crippen LogP contribution in [0.5, 0.6) is 0 Å². The SMILES string of the molecule is Cc1c(Cl)cccc1S(=O)(=O)Nc1nc(CCOC(=O)C(C)C)cs1. The van der Waals surface area contributed by atoms with Gasteiger partial charge in [-0.05, 0) is 24.6 Å². The van der Waals surface area contributed by atoms with E-state index in [0.717, 1.165) is 0 Å². The summed E-state index contributed by atoms with van der Waals surface area (Å²) in [4.78, 5) is 15.7. The van der Waals surface area contributed by atoms with Crippen molar-refractivity contribution >= 4 is 44.1 Å². The molecule has 9 heteroatoms. The predicted octanol–water partition coefficient (Wildman–Crippen LogP) is 3.65. The van der Waals surface area contributed by atoms with Gasteiger partial charge in [0.15, 0.2) is 5.13 Å². The van der Waals surface area contributed by atoms with E-state index in [-0.39, 0.29) is 28.5 Å². The molecule has 136 valence electrons.